The van der Waals surface area contributed by atoms with Gasteiger partial charge in [0.15, 0.2) is 5.82 Å². The van der Waals surface area contributed by atoms with E-state index in [2.05, 4.69) is 190 Å². The van der Waals surface area contributed by atoms with E-state index in [9.17, 15) is 0 Å². The van der Waals surface area contributed by atoms with Gasteiger partial charge in [-0.15, -0.1) is 0 Å². The highest BCUT2D eigenvalue weighted by atomic mass is 16.3. The van der Waals surface area contributed by atoms with Crippen molar-refractivity contribution in [1.82, 2.24) is 9.97 Å². The molecule has 12 rings (SSSR count). The zero-order valence-corrected chi connectivity index (χ0v) is 33.3. The zero-order valence-electron chi connectivity index (χ0n) is 33.3. The fourth-order valence-corrected chi connectivity index (χ4v) is 9.73. The van der Waals surface area contributed by atoms with Crippen LogP contribution in [0.4, 0.5) is 0 Å². The first kappa shape index (κ1) is 34.4. The lowest BCUT2D eigenvalue weighted by molar-refractivity contribution is 0.661. The monoisotopic (exact) mass is 766 g/mol. The lowest BCUT2D eigenvalue weighted by atomic mass is 9.81. The number of hydrogen-bond acceptors (Lipinski definition) is 3. The molecular weight excluding hydrogens is 729 g/mol. The lowest BCUT2D eigenvalue weighted by Crippen LogP contribution is -2.14. The van der Waals surface area contributed by atoms with Crippen LogP contribution < -0.4 is 0 Å². The topological polar surface area (TPSA) is 38.9 Å². The minimum absolute atomic E-state index is 0.162. The highest BCUT2D eigenvalue weighted by Gasteiger charge is 2.37. The molecule has 11 aromatic rings. The Balaban J connectivity index is 1.03. The van der Waals surface area contributed by atoms with Gasteiger partial charge in [0.25, 0.3) is 0 Å². The molecule has 3 heteroatoms. The van der Waals surface area contributed by atoms with E-state index < -0.39 is 0 Å². The smallest absolute Gasteiger partial charge is 0.160 e. The third-order valence-electron chi connectivity index (χ3n) is 12.7. The van der Waals surface area contributed by atoms with Gasteiger partial charge in [-0.05, 0) is 90.8 Å². The molecule has 2 heterocycles. The summed E-state index contributed by atoms with van der Waals surface area (Å²) in [4.78, 5) is 10.7. The Kier molecular flexibility index (Phi) is 7.58. The summed E-state index contributed by atoms with van der Waals surface area (Å²) in [5.74, 6) is 0.706. The van der Waals surface area contributed by atoms with Crippen LogP contribution >= 0.6 is 0 Å². The summed E-state index contributed by atoms with van der Waals surface area (Å²) < 4.78 is 6.46. The van der Waals surface area contributed by atoms with Crippen molar-refractivity contribution in [3.63, 3.8) is 0 Å². The van der Waals surface area contributed by atoms with Gasteiger partial charge in [0.1, 0.15) is 11.2 Å². The van der Waals surface area contributed by atoms with E-state index in [0.29, 0.717) is 5.82 Å². The standard InChI is InChI=1S/C57H38N2O/c1-57(2)49-27-14-26-47(54(49)48-32-36-17-6-7-18-37(36)33-50(48)57)52-34-51(58-56(59-52)35-15-4-3-5-16-35)44-30-29-40(42-21-8-9-22-43(42)44)38-19-12-20-39(31-38)41-24-13-25-46-45-23-10-11-28-53(45)60-55(41)46/h3-34H,1-2H3. The van der Waals surface area contributed by atoms with Gasteiger partial charge < -0.3 is 4.42 Å². The van der Waals surface area contributed by atoms with Crippen LogP contribution in [0, 0.1) is 0 Å². The average molecular weight is 767 g/mol. The number of fused-ring (bicyclic) bond motifs is 8. The molecule has 282 valence electrons. The number of aromatic nitrogens is 2. The molecule has 0 unspecified atom stereocenters. The maximum Gasteiger partial charge on any atom is 0.160 e. The summed E-state index contributed by atoms with van der Waals surface area (Å²) in [7, 11) is 0. The molecule has 2 aromatic heterocycles. The number of nitrogens with zero attached hydrogens (tertiary/aromatic N) is 2. The second-order valence-electron chi connectivity index (χ2n) is 16.5. The molecule has 9 aromatic carbocycles. The number of furan rings is 1. The molecule has 0 saturated heterocycles. The first-order valence-corrected chi connectivity index (χ1v) is 20.6. The maximum atomic E-state index is 6.46. The van der Waals surface area contributed by atoms with Crippen molar-refractivity contribution in [1.29, 1.82) is 0 Å². The third-order valence-corrected chi connectivity index (χ3v) is 12.7. The summed E-state index contributed by atoms with van der Waals surface area (Å²) in [5, 5.41) is 7.07. The minimum atomic E-state index is -0.162. The Hall–Kier alpha value is -7.62. The molecule has 0 bridgehead atoms. The van der Waals surface area contributed by atoms with Crippen molar-refractivity contribution < 1.29 is 4.42 Å². The second-order valence-corrected chi connectivity index (χ2v) is 16.5. The van der Waals surface area contributed by atoms with Crippen LogP contribution in [-0.2, 0) is 5.41 Å². The van der Waals surface area contributed by atoms with E-state index in [1.165, 1.54) is 38.4 Å². The molecule has 1 aliphatic carbocycles. The fourth-order valence-electron chi connectivity index (χ4n) is 9.73. The van der Waals surface area contributed by atoms with Crippen LogP contribution in [0.1, 0.15) is 25.0 Å². The first-order valence-electron chi connectivity index (χ1n) is 20.6. The van der Waals surface area contributed by atoms with Gasteiger partial charge >= 0.3 is 0 Å². The predicted molar refractivity (Wildman–Crippen MR) is 249 cm³/mol. The second kappa shape index (κ2) is 13.2. The van der Waals surface area contributed by atoms with Gasteiger partial charge in [-0.3, -0.25) is 0 Å². The third kappa shape index (κ3) is 5.29. The quantitative estimate of drug-likeness (QED) is 0.175. The van der Waals surface area contributed by atoms with E-state index in [1.807, 2.05) is 18.2 Å². The largest absolute Gasteiger partial charge is 0.455 e. The highest BCUT2D eigenvalue weighted by Crippen LogP contribution is 2.53. The number of hydrogen-bond donors (Lipinski definition) is 0. The average Bonchev–Trinajstić information content (AvgIpc) is 3.79. The molecule has 0 saturated carbocycles. The summed E-state index contributed by atoms with van der Waals surface area (Å²) in [6.45, 7) is 4.69. The summed E-state index contributed by atoms with van der Waals surface area (Å²) in [6, 6.07) is 69.5. The van der Waals surface area contributed by atoms with Crippen LogP contribution in [0.5, 0.6) is 0 Å². The Bertz CT molecular complexity index is 3520. The van der Waals surface area contributed by atoms with Crippen LogP contribution in [0.2, 0.25) is 0 Å². The summed E-state index contributed by atoms with van der Waals surface area (Å²) in [6.07, 6.45) is 0. The van der Waals surface area contributed by atoms with E-state index >= 15 is 0 Å². The normalized spacial score (nSPS) is 13.0. The molecule has 1 aliphatic rings. The van der Waals surface area contributed by atoms with Gasteiger partial charge in [-0.25, -0.2) is 9.97 Å². The number of benzene rings is 9. The molecule has 0 aliphatic heterocycles. The van der Waals surface area contributed by atoms with Crippen molar-refractivity contribution >= 4 is 43.5 Å². The lowest BCUT2D eigenvalue weighted by Gasteiger charge is -2.22. The Labute approximate surface area is 348 Å². The van der Waals surface area contributed by atoms with E-state index in [4.69, 9.17) is 14.4 Å². The van der Waals surface area contributed by atoms with Gasteiger partial charge in [0.2, 0.25) is 0 Å². The Morgan fingerprint density at radius 2 is 0.967 bits per heavy atom. The first-order chi connectivity index (χ1) is 29.5. The van der Waals surface area contributed by atoms with Crippen LogP contribution in [-0.4, -0.2) is 9.97 Å². The van der Waals surface area contributed by atoms with Gasteiger partial charge in [0.05, 0.1) is 11.4 Å². The van der Waals surface area contributed by atoms with Gasteiger partial charge in [-0.2, -0.15) is 0 Å². The van der Waals surface area contributed by atoms with Crippen LogP contribution in [0.3, 0.4) is 0 Å². The molecule has 0 radical (unpaired) electrons. The van der Waals surface area contributed by atoms with E-state index in [-0.39, 0.29) is 5.41 Å². The molecule has 0 N–H and O–H groups in total. The summed E-state index contributed by atoms with van der Waals surface area (Å²) >= 11 is 0. The molecule has 3 nitrogen and oxygen atoms in total. The predicted octanol–water partition coefficient (Wildman–Crippen LogP) is 15.3. The zero-order chi connectivity index (χ0) is 40.0. The SMILES string of the molecule is CC1(C)c2cc3ccccc3cc2-c2c(-c3cc(-c4ccc(-c5cccc(-c6cccc7c6oc6ccccc67)c5)c5ccccc45)nc(-c4ccccc4)n3)cccc21. The minimum Gasteiger partial charge on any atom is -0.455 e. The molecule has 0 fully saturated rings. The molecule has 60 heavy (non-hydrogen) atoms. The van der Waals surface area contributed by atoms with Gasteiger partial charge in [0, 0.05) is 38.4 Å². The van der Waals surface area contributed by atoms with E-state index in [1.54, 1.807) is 0 Å². The summed E-state index contributed by atoms with van der Waals surface area (Å²) in [5.41, 5.74) is 16.3. The van der Waals surface area contributed by atoms with Crippen molar-refractivity contribution in [3.8, 4) is 67.3 Å². The van der Waals surface area contributed by atoms with Crippen LogP contribution in [0.25, 0.3) is 111 Å². The van der Waals surface area contributed by atoms with Gasteiger partial charge in [-0.1, -0.05) is 178 Å². The highest BCUT2D eigenvalue weighted by molar-refractivity contribution is 6.10. The van der Waals surface area contributed by atoms with Crippen molar-refractivity contribution in [3.05, 3.63) is 205 Å². The fraction of sp³-hybridized carbons (Fsp3) is 0.0526. The Morgan fingerprint density at radius 1 is 0.383 bits per heavy atom. The Morgan fingerprint density at radius 3 is 1.78 bits per heavy atom. The molecule has 0 spiro atoms. The number of para-hydroxylation sites is 2. The van der Waals surface area contributed by atoms with Crippen molar-refractivity contribution in [2.24, 2.45) is 0 Å². The number of rotatable bonds is 5. The van der Waals surface area contributed by atoms with Crippen molar-refractivity contribution in [2.75, 3.05) is 0 Å². The molecular formula is C57H38N2O. The van der Waals surface area contributed by atoms with Crippen LogP contribution in [0.15, 0.2) is 199 Å². The van der Waals surface area contributed by atoms with E-state index in [0.717, 1.165) is 77.7 Å². The molecule has 0 atom stereocenters. The van der Waals surface area contributed by atoms with Crippen molar-refractivity contribution in [2.45, 2.75) is 19.3 Å². The molecule has 0 amide bonds. The maximum absolute atomic E-state index is 6.46.